The Labute approximate surface area is 141 Å². The number of rotatable bonds is 3. The maximum Gasteiger partial charge on any atom is 0.256 e. The summed E-state index contributed by atoms with van der Waals surface area (Å²) in [6.07, 6.45) is 2.51. The number of hydrogen-bond donors (Lipinski definition) is 2. The van der Waals surface area contributed by atoms with Gasteiger partial charge in [0, 0.05) is 16.5 Å². The molecule has 1 heterocycles. The SMILES string of the molecule is C[C@H]1CCc2c(sc(NC(=O)c3cc(F)cc(F)c3)c2C(N)=O)C1. The van der Waals surface area contributed by atoms with E-state index in [0.717, 1.165) is 41.8 Å². The molecular formula is C17H16F2N2O2S. The predicted molar refractivity (Wildman–Crippen MR) is 88.3 cm³/mol. The van der Waals surface area contributed by atoms with Crippen LogP contribution in [0.2, 0.25) is 0 Å². The molecule has 0 aliphatic heterocycles. The van der Waals surface area contributed by atoms with Gasteiger partial charge in [0.2, 0.25) is 0 Å². The Kier molecular flexibility index (Phi) is 4.36. The summed E-state index contributed by atoms with van der Waals surface area (Å²) in [6, 6.07) is 2.58. The normalized spacial score (nSPS) is 16.5. The van der Waals surface area contributed by atoms with Gasteiger partial charge >= 0.3 is 0 Å². The Balaban J connectivity index is 1.95. The topological polar surface area (TPSA) is 72.2 Å². The third-order valence-electron chi connectivity index (χ3n) is 4.11. The van der Waals surface area contributed by atoms with Gasteiger partial charge in [-0.05, 0) is 42.9 Å². The number of anilines is 1. The number of carbonyl (C=O) groups is 2. The molecule has 2 amide bonds. The van der Waals surface area contributed by atoms with Gasteiger partial charge in [0.1, 0.15) is 16.6 Å². The van der Waals surface area contributed by atoms with Gasteiger partial charge in [0.25, 0.3) is 11.8 Å². The maximum atomic E-state index is 13.3. The van der Waals surface area contributed by atoms with Crippen molar-refractivity contribution in [3.05, 3.63) is 51.4 Å². The third kappa shape index (κ3) is 3.17. The number of halogens is 2. The van der Waals surface area contributed by atoms with E-state index in [1.165, 1.54) is 11.3 Å². The van der Waals surface area contributed by atoms with Crippen molar-refractivity contribution in [2.75, 3.05) is 5.32 Å². The molecule has 0 fully saturated rings. The first-order valence-corrected chi connectivity index (χ1v) is 8.38. The van der Waals surface area contributed by atoms with Gasteiger partial charge in [-0.2, -0.15) is 0 Å². The van der Waals surface area contributed by atoms with Crippen LogP contribution in [0.25, 0.3) is 0 Å². The molecule has 1 atom stereocenters. The predicted octanol–water partition coefficient (Wildman–Crippen LogP) is 3.50. The molecule has 1 aromatic carbocycles. The molecule has 0 saturated carbocycles. The lowest BCUT2D eigenvalue weighted by molar-refractivity contribution is 0.1000. The van der Waals surface area contributed by atoms with Crippen LogP contribution < -0.4 is 11.1 Å². The molecule has 0 bridgehead atoms. The second-order valence-electron chi connectivity index (χ2n) is 6.03. The van der Waals surface area contributed by atoms with Crippen LogP contribution in [-0.2, 0) is 12.8 Å². The number of nitrogens with two attached hydrogens (primary N) is 1. The summed E-state index contributed by atoms with van der Waals surface area (Å²) < 4.78 is 26.5. The molecule has 1 aromatic heterocycles. The first-order chi connectivity index (χ1) is 11.3. The van der Waals surface area contributed by atoms with E-state index in [1.54, 1.807) is 0 Å². The molecule has 0 saturated heterocycles. The molecule has 3 N–H and O–H groups in total. The summed E-state index contributed by atoms with van der Waals surface area (Å²) in [5, 5.41) is 2.92. The maximum absolute atomic E-state index is 13.3. The average molecular weight is 350 g/mol. The van der Waals surface area contributed by atoms with Crippen LogP contribution in [0.15, 0.2) is 18.2 Å². The molecule has 126 valence electrons. The third-order valence-corrected chi connectivity index (χ3v) is 5.28. The lowest BCUT2D eigenvalue weighted by Crippen LogP contribution is -2.19. The van der Waals surface area contributed by atoms with Gasteiger partial charge in [-0.3, -0.25) is 9.59 Å². The molecule has 2 aromatic rings. The zero-order valence-electron chi connectivity index (χ0n) is 13.0. The fraction of sp³-hybridized carbons (Fsp3) is 0.294. The molecule has 4 nitrogen and oxygen atoms in total. The molecule has 1 aliphatic rings. The minimum atomic E-state index is -0.838. The standard InChI is InChI=1S/C17H16F2N2O2S/c1-8-2-3-12-13(4-8)24-17(14(12)15(20)22)21-16(23)9-5-10(18)7-11(19)6-9/h5-8H,2-4H2,1H3,(H2,20,22)(H,21,23)/t8-/m0/s1. The Hall–Kier alpha value is -2.28. The highest BCUT2D eigenvalue weighted by molar-refractivity contribution is 7.17. The van der Waals surface area contributed by atoms with Crippen LogP contribution in [0.1, 0.15) is 44.5 Å². The lowest BCUT2D eigenvalue weighted by Gasteiger charge is -2.18. The van der Waals surface area contributed by atoms with E-state index in [9.17, 15) is 18.4 Å². The number of thiophene rings is 1. The van der Waals surface area contributed by atoms with Crippen LogP contribution in [0.5, 0.6) is 0 Å². The van der Waals surface area contributed by atoms with E-state index in [4.69, 9.17) is 5.73 Å². The Morgan fingerprint density at radius 1 is 1.25 bits per heavy atom. The van der Waals surface area contributed by atoms with Crippen molar-refractivity contribution < 1.29 is 18.4 Å². The van der Waals surface area contributed by atoms with Gasteiger partial charge in [-0.1, -0.05) is 6.92 Å². The Morgan fingerprint density at radius 3 is 2.54 bits per heavy atom. The number of benzene rings is 1. The first-order valence-electron chi connectivity index (χ1n) is 7.57. The fourth-order valence-electron chi connectivity index (χ4n) is 2.96. The van der Waals surface area contributed by atoms with E-state index in [2.05, 4.69) is 12.2 Å². The van der Waals surface area contributed by atoms with E-state index in [-0.39, 0.29) is 5.56 Å². The quantitative estimate of drug-likeness (QED) is 0.889. The van der Waals surface area contributed by atoms with Crippen molar-refractivity contribution in [3.63, 3.8) is 0 Å². The molecule has 1 aliphatic carbocycles. The van der Waals surface area contributed by atoms with Crippen molar-refractivity contribution in [2.24, 2.45) is 11.7 Å². The number of primary amides is 1. The number of amides is 2. The van der Waals surface area contributed by atoms with Crippen LogP contribution in [0.3, 0.4) is 0 Å². The zero-order chi connectivity index (χ0) is 17.4. The second-order valence-corrected chi connectivity index (χ2v) is 7.14. The van der Waals surface area contributed by atoms with Crippen molar-refractivity contribution in [2.45, 2.75) is 26.2 Å². The molecular weight excluding hydrogens is 334 g/mol. The Bertz CT molecular complexity index is 812. The van der Waals surface area contributed by atoms with Crippen molar-refractivity contribution in [1.82, 2.24) is 0 Å². The monoisotopic (exact) mass is 350 g/mol. The van der Waals surface area contributed by atoms with Gasteiger partial charge in [0.15, 0.2) is 0 Å². The minimum Gasteiger partial charge on any atom is -0.365 e. The fourth-order valence-corrected chi connectivity index (χ4v) is 4.37. The van der Waals surface area contributed by atoms with E-state index >= 15 is 0 Å². The summed E-state index contributed by atoms with van der Waals surface area (Å²) in [5.74, 6) is -2.47. The van der Waals surface area contributed by atoms with Gasteiger partial charge in [0.05, 0.1) is 5.56 Å². The highest BCUT2D eigenvalue weighted by atomic mass is 32.1. The number of fused-ring (bicyclic) bond motifs is 1. The van der Waals surface area contributed by atoms with E-state index in [0.29, 0.717) is 22.5 Å². The summed E-state index contributed by atoms with van der Waals surface area (Å²) in [6.45, 7) is 2.13. The molecule has 3 rings (SSSR count). The van der Waals surface area contributed by atoms with Crippen molar-refractivity contribution >= 4 is 28.2 Å². The number of nitrogens with one attached hydrogen (secondary N) is 1. The molecule has 0 unspecified atom stereocenters. The highest BCUT2D eigenvalue weighted by Gasteiger charge is 2.27. The van der Waals surface area contributed by atoms with E-state index in [1.807, 2.05) is 0 Å². The number of carbonyl (C=O) groups excluding carboxylic acids is 2. The summed E-state index contributed by atoms with van der Waals surface area (Å²) >= 11 is 1.31. The summed E-state index contributed by atoms with van der Waals surface area (Å²) in [4.78, 5) is 25.1. The van der Waals surface area contributed by atoms with Crippen LogP contribution in [-0.4, -0.2) is 11.8 Å². The van der Waals surface area contributed by atoms with E-state index < -0.39 is 23.4 Å². The van der Waals surface area contributed by atoms with Crippen LogP contribution in [0.4, 0.5) is 13.8 Å². The minimum absolute atomic E-state index is 0.150. The highest BCUT2D eigenvalue weighted by Crippen LogP contribution is 2.39. The number of hydrogen-bond acceptors (Lipinski definition) is 3. The van der Waals surface area contributed by atoms with Crippen molar-refractivity contribution in [1.29, 1.82) is 0 Å². The average Bonchev–Trinajstić information content (AvgIpc) is 2.83. The summed E-state index contributed by atoms with van der Waals surface area (Å²) in [5.41, 5.74) is 6.52. The van der Waals surface area contributed by atoms with Gasteiger partial charge in [-0.15, -0.1) is 11.3 Å². The molecule has 0 radical (unpaired) electrons. The smallest absolute Gasteiger partial charge is 0.256 e. The molecule has 0 spiro atoms. The molecule has 24 heavy (non-hydrogen) atoms. The largest absolute Gasteiger partial charge is 0.365 e. The van der Waals surface area contributed by atoms with Crippen LogP contribution in [0, 0.1) is 17.6 Å². The Morgan fingerprint density at radius 2 is 1.92 bits per heavy atom. The van der Waals surface area contributed by atoms with Gasteiger partial charge in [-0.25, -0.2) is 8.78 Å². The zero-order valence-corrected chi connectivity index (χ0v) is 13.8. The van der Waals surface area contributed by atoms with Gasteiger partial charge < -0.3 is 11.1 Å². The second kappa shape index (κ2) is 6.32. The van der Waals surface area contributed by atoms with Crippen molar-refractivity contribution in [3.8, 4) is 0 Å². The van der Waals surface area contributed by atoms with Crippen LogP contribution >= 0.6 is 11.3 Å². The first kappa shape index (κ1) is 16.6. The lowest BCUT2D eigenvalue weighted by atomic mass is 9.88. The molecule has 7 heteroatoms. The summed E-state index contributed by atoms with van der Waals surface area (Å²) in [7, 11) is 0.